The van der Waals surface area contributed by atoms with Crippen molar-refractivity contribution in [1.82, 2.24) is 4.57 Å². The summed E-state index contributed by atoms with van der Waals surface area (Å²) in [5, 5.41) is 7.99. The molecule has 0 aliphatic heterocycles. The number of para-hydroxylation sites is 2. The highest BCUT2D eigenvalue weighted by Crippen LogP contribution is 2.53. The first-order valence-corrected chi connectivity index (χ1v) is 13.2. The van der Waals surface area contributed by atoms with E-state index in [2.05, 4.69) is 120 Å². The Balaban J connectivity index is 1.42. The maximum Gasteiger partial charge on any atom is 0.0541 e. The molecule has 9 rings (SSSR count). The summed E-state index contributed by atoms with van der Waals surface area (Å²) in [4.78, 5) is 0. The Kier molecular flexibility index (Phi) is 3.47. The summed E-state index contributed by atoms with van der Waals surface area (Å²) in [5.74, 6) is 0. The largest absolute Gasteiger partial charge is 0.309 e. The van der Waals surface area contributed by atoms with Gasteiger partial charge in [0.05, 0.1) is 16.7 Å². The molecule has 36 heavy (non-hydrogen) atoms. The van der Waals surface area contributed by atoms with E-state index in [-0.39, 0.29) is 0 Å². The van der Waals surface area contributed by atoms with E-state index in [1.807, 2.05) is 11.3 Å². The van der Waals surface area contributed by atoms with Gasteiger partial charge >= 0.3 is 0 Å². The molecule has 1 nitrogen and oxygen atoms in total. The fourth-order valence-corrected chi connectivity index (χ4v) is 7.75. The van der Waals surface area contributed by atoms with Crippen LogP contribution in [0.1, 0.15) is 0 Å². The molecular formula is C34H19NS. The summed E-state index contributed by atoms with van der Waals surface area (Å²) in [6.45, 7) is 0. The predicted molar refractivity (Wildman–Crippen MR) is 156 cm³/mol. The Morgan fingerprint density at radius 1 is 0.444 bits per heavy atom. The van der Waals surface area contributed by atoms with E-state index >= 15 is 0 Å². The molecule has 0 radical (unpaired) electrons. The molecule has 0 atom stereocenters. The second-order valence-electron chi connectivity index (χ2n) is 9.69. The molecule has 166 valence electrons. The quantitative estimate of drug-likeness (QED) is 0.223. The van der Waals surface area contributed by atoms with Gasteiger partial charge in [-0.1, -0.05) is 91.0 Å². The number of hydrogen-bond donors (Lipinski definition) is 0. The maximum atomic E-state index is 2.45. The number of aromatic nitrogens is 1. The smallest absolute Gasteiger partial charge is 0.0541 e. The number of thiophene rings is 1. The summed E-state index contributed by atoms with van der Waals surface area (Å²) in [7, 11) is 0. The lowest BCUT2D eigenvalue weighted by molar-refractivity contribution is 1.20. The first kappa shape index (κ1) is 18.9. The third-order valence-electron chi connectivity index (χ3n) is 7.95. The molecule has 1 aliphatic carbocycles. The minimum Gasteiger partial charge on any atom is -0.309 e. The van der Waals surface area contributed by atoms with Crippen LogP contribution in [0.5, 0.6) is 0 Å². The minimum atomic E-state index is 1.24. The highest BCUT2D eigenvalue weighted by molar-refractivity contribution is 7.26. The van der Waals surface area contributed by atoms with Gasteiger partial charge in [-0.2, -0.15) is 0 Å². The maximum absolute atomic E-state index is 2.45. The van der Waals surface area contributed by atoms with Crippen molar-refractivity contribution in [3.63, 3.8) is 0 Å². The molecule has 0 saturated heterocycles. The number of nitrogens with zero attached hydrogens (tertiary/aromatic N) is 1. The molecule has 6 aromatic carbocycles. The number of rotatable bonds is 1. The van der Waals surface area contributed by atoms with E-state index in [1.165, 1.54) is 80.7 Å². The van der Waals surface area contributed by atoms with E-state index in [0.29, 0.717) is 0 Å². The SMILES string of the molecule is c1ccc2c(c1)sc1c3c(ccc12)-c1ccc(-n2c4ccccc4c4ccccc42)c2cccc-3c12. The van der Waals surface area contributed by atoms with Gasteiger partial charge in [0, 0.05) is 41.9 Å². The van der Waals surface area contributed by atoms with Gasteiger partial charge in [-0.15, -0.1) is 11.3 Å². The molecule has 0 unspecified atom stereocenters. The summed E-state index contributed by atoms with van der Waals surface area (Å²) in [6.07, 6.45) is 0. The molecule has 2 heteroatoms. The van der Waals surface area contributed by atoms with Crippen LogP contribution in [0.3, 0.4) is 0 Å². The lowest BCUT2D eigenvalue weighted by Gasteiger charge is -2.13. The van der Waals surface area contributed by atoms with Crippen molar-refractivity contribution in [2.45, 2.75) is 0 Å². The molecule has 1 aliphatic rings. The Hall–Kier alpha value is -4.40. The monoisotopic (exact) mass is 473 g/mol. The second-order valence-corrected chi connectivity index (χ2v) is 10.7. The van der Waals surface area contributed by atoms with Crippen LogP contribution in [-0.2, 0) is 0 Å². The van der Waals surface area contributed by atoms with Crippen molar-refractivity contribution < 1.29 is 0 Å². The van der Waals surface area contributed by atoms with E-state index in [4.69, 9.17) is 0 Å². The van der Waals surface area contributed by atoms with Gasteiger partial charge in [0.25, 0.3) is 0 Å². The molecule has 0 saturated carbocycles. The Morgan fingerprint density at radius 3 is 1.92 bits per heavy atom. The zero-order chi connectivity index (χ0) is 23.4. The molecule has 2 aromatic heterocycles. The topological polar surface area (TPSA) is 4.93 Å². The molecule has 0 N–H and O–H groups in total. The fraction of sp³-hybridized carbons (Fsp3) is 0. The number of fused-ring (bicyclic) bond motifs is 10. The van der Waals surface area contributed by atoms with Crippen molar-refractivity contribution in [3.05, 3.63) is 115 Å². The average Bonchev–Trinajstić information content (AvgIpc) is 3.58. The van der Waals surface area contributed by atoms with Crippen molar-refractivity contribution >= 4 is 64.1 Å². The van der Waals surface area contributed by atoms with Crippen LogP contribution < -0.4 is 0 Å². The van der Waals surface area contributed by atoms with Gasteiger partial charge in [-0.3, -0.25) is 0 Å². The van der Waals surface area contributed by atoms with Gasteiger partial charge in [0.2, 0.25) is 0 Å². The zero-order valence-corrected chi connectivity index (χ0v) is 20.1. The molecule has 0 spiro atoms. The van der Waals surface area contributed by atoms with Crippen molar-refractivity contribution in [2.24, 2.45) is 0 Å². The van der Waals surface area contributed by atoms with Crippen LogP contribution in [0.2, 0.25) is 0 Å². The van der Waals surface area contributed by atoms with E-state index < -0.39 is 0 Å². The van der Waals surface area contributed by atoms with Crippen LogP contribution in [0.4, 0.5) is 0 Å². The third-order valence-corrected chi connectivity index (χ3v) is 9.15. The molecule has 0 fully saturated rings. The normalized spacial score (nSPS) is 12.4. The molecular weight excluding hydrogens is 454 g/mol. The Bertz CT molecular complexity index is 2160. The van der Waals surface area contributed by atoms with E-state index in [9.17, 15) is 0 Å². The number of hydrogen-bond acceptors (Lipinski definition) is 1. The summed E-state index contributed by atoms with van der Waals surface area (Å²) >= 11 is 1.92. The standard InChI is InChI=1S/C34H19NS/c1-4-13-28-20(8-1)21-9-2-5-14-29(21)35(28)30-19-18-23-24-16-17-25-22-10-3-6-15-31(22)36-34(25)33(24)27-12-7-11-26(30)32(23)27/h1-19H. The lowest BCUT2D eigenvalue weighted by atomic mass is 10.0. The molecule has 0 amide bonds. The lowest BCUT2D eigenvalue weighted by Crippen LogP contribution is -1.95. The van der Waals surface area contributed by atoms with Crippen LogP contribution in [0, 0.1) is 0 Å². The Labute approximate surface area is 211 Å². The zero-order valence-electron chi connectivity index (χ0n) is 19.3. The third kappa shape index (κ3) is 2.21. The molecule has 0 bridgehead atoms. The second kappa shape index (κ2) is 6.63. The van der Waals surface area contributed by atoms with Gasteiger partial charge < -0.3 is 4.57 Å². The van der Waals surface area contributed by atoms with Gasteiger partial charge in [0.15, 0.2) is 0 Å². The van der Waals surface area contributed by atoms with Crippen LogP contribution in [-0.4, -0.2) is 4.57 Å². The van der Waals surface area contributed by atoms with Crippen LogP contribution in [0.15, 0.2) is 115 Å². The fourth-order valence-electron chi connectivity index (χ4n) is 6.48. The molecule has 8 aromatic rings. The first-order chi connectivity index (χ1) is 17.9. The van der Waals surface area contributed by atoms with E-state index in [1.54, 1.807) is 0 Å². The minimum absolute atomic E-state index is 1.24. The van der Waals surface area contributed by atoms with Crippen molar-refractivity contribution in [3.8, 4) is 27.9 Å². The predicted octanol–water partition coefficient (Wildman–Crippen LogP) is 9.95. The highest BCUT2D eigenvalue weighted by Gasteiger charge is 2.26. The summed E-state index contributed by atoms with van der Waals surface area (Å²) in [5.41, 5.74) is 9.21. The van der Waals surface area contributed by atoms with Crippen molar-refractivity contribution in [2.75, 3.05) is 0 Å². The average molecular weight is 474 g/mol. The summed E-state index contributed by atoms with van der Waals surface area (Å²) < 4.78 is 5.21. The van der Waals surface area contributed by atoms with Crippen LogP contribution in [0.25, 0.3) is 80.7 Å². The van der Waals surface area contributed by atoms with Crippen LogP contribution >= 0.6 is 11.3 Å². The Morgan fingerprint density at radius 2 is 1.11 bits per heavy atom. The first-order valence-electron chi connectivity index (χ1n) is 12.4. The van der Waals surface area contributed by atoms with Gasteiger partial charge in [-0.25, -0.2) is 0 Å². The van der Waals surface area contributed by atoms with Gasteiger partial charge in [0.1, 0.15) is 0 Å². The van der Waals surface area contributed by atoms with E-state index in [0.717, 1.165) is 0 Å². The number of benzene rings is 6. The molecule has 2 heterocycles. The summed E-state index contributed by atoms with van der Waals surface area (Å²) in [6, 6.07) is 42.5. The van der Waals surface area contributed by atoms with Gasteiger partial charge in [-0.05, 0) is 46.3 Å². The highest BCUT2D eigenvalue weighted by atomic mass is 32.1. The van der Waals surface area contributed by atoms with Crippen molar-refractivity contribution in [1.29, 1.82) is 0 Å².